The third-order valence-corrected chi connectivity index (χ3v) is 3.36. The van der Waals surface area contributed by atoms with Gasteiger partial charge in [-0.05, 0) is 6.92 Å². The minimum absolute atomic E-state index is 0.525. The highest BCUT2D eigenvalue weighted by molar-refractivity contribution is 7.15. The summed E-state index contributed by atoms with van der Waals surface area (Å²) in [5, 5.41) is 0.950. The molecule has 0 atom stereocenters. The molecule has 13 heavy (non-hydrogen) atoms. The SMILES string of the molecule is Cc1nc(-c2cnc[nH]2)sc1CCl. The number of aryl methyl sites for hydroxylation is 1. The van der Waals surface area contributed by atoms with Crippen molar-refractivity contribution >= 4 is 22.9 Å². The van der Waals surface area contributed by atoms with Gasteiger partial charge in [0.1, 0.15) is 5.01 Å². The largest absolute Gasteiger partial charge is 0.343 e. The molecular formula is C8H8ClN3S. The lowest BCUT2D eigenvalue weighted by atomic mass is 10.4. The Bertz CT molecular complexity index is 393. The number of nitrogens with zero attached hydrogens (tertiary/aromatic N) is 2. The van der Waals surface area contributed by atoms with Crippen molar-refractivity contribution in [3.05, 3.63) is 23.1 Å². The highest BCUT2D eigenvalue weighted by atomic mass is 35.5. The van der Waals surface area contributed by atoms with E-state index in [1.165, 1.54) is 0 Å². The topological polar surface area (TPSA) is 41.6 Å². The Balaban J connectivity index is 2.43. The van der Waals surface area contributed by atoms with Gasteiger partial charge < -0.3 is 4.98 Å². The summed E-state index contributed by atoms with van der Waals surface area (Å²) in [5.41, 5.74) is 1.95. The Morgan fingerprint density at radius 2 is 2.46 bits per heavy atom. The van der Waals surface area contributed by atoms with Crippen LogP contribution in [0.2, 0.25) is 0 Å². The molecule has 0 aliphatic heterocycles. The fraction of sp³-hybridized carbons (Fsp3) is 0.250. The quantitative estimate of drug-likeness (QED) is 0.780. The van der Waals surface area contributed by atoms with Crippen LogP contribution in [-0.4, -0.2) is 15.0 Å². The molecule has 3 nitrogen and oxygen atoms in total. The molecule has 1 N–H and O–H groups in total. The first-order valence-corrected chi connectivity index (χ1v) is 5.17. The van der Waals surface area contributed by atoms with Crippen LogP contribution in [0.4, 0.5) is 0 Å². The Kier molecular flexibility index (Phi) is 2.33. The lowest BCUT2D eigenvalue weighted by Gasteiger charge is -1.85. The van der Waals surface area contributed by atoms with Crippen molar-refractivity contribution in [2.24, 2.45) is 0 Å². The van der Waals surface area contributed by atoms with Gasteiger partial charge in [0.25, 0.3) is 0 Å². The molecule has 0 saturated carbocycles. The van der Waals surface area contributed by atoms with Crippen LogP contribution in [0.15, 0.2) is 12.5 Å². The summed E-state index contributed by atoms with van der Waals surface area (Å²) in [6.07, 6.45) is 3.41. The zero-order valence-electron chi connectivity index (χ0n) is 7.04. The number of halogens is 1. The van der Waals surface area contributed by atoms with Crippen LogP contribution in [-0.2, 0) is 5.88 Å². The summed E-state index contributed by atoms with van der Waals surface area (Å²) in [7, 11) is 0. The highest BCUT2D eigenvalue weighted by Gasteiger charge is 2.08. The van der Waals surface area contributed by atoms with E-state index in [0.717, 1.165) is 21.3 Å². The van der Waals surface area contributed by atoms with E-state index in [-0.39, 0.29) is 0 Å². The zero-order chi connectivity index (χ0) is 9.26. The van der Waals surface area contributed by atoms with Crippen molar-refractivity contribution in [1.29, 1.82) is 0 Å². The summed E-state index contributed by atoms with van der Waals surface area (Å²) in [6, 6.07) is 0. The van der Waals surface area contributed by atoms with Crippen molar-refractivity contribution in [2.45, 2.75) is 12.8 Å². The zero-order valence-corrected chi connectivity index (χ0v) is 8.61. The van der Waals surface area contributed by atoms with Crippen LogP contribution in [0.25, 0.3) is 10.7 Å². The van der Waals surface area contributed by atoms with E-state index in [1.807, 2.05) is 6.92 Å². The first-order chi connectivity index (χ1) is 6.31. The molecule has 0 bridgehead atoms. The van der Waals surface area contributed by atoms with Crippen LogP contribution in [0.5, 0.6) is 0 Å². The Hall–Kier alpha value is -0.870. The molecule has 68 valence electrons. The van der Waals surface area contributed by atoms with Crippen molar-refractivity contribution < 1.29 is 0 Å². The molecule has 0 aliphatic carbocycles. The minimum atomic E-state index is 0.525. The Morgan fingerprint density at radius 3 is 3.00 bits per heavy atom. The maximum Gasteiger partial charge on any atom is 0.141 e. The first kappa shape index (κ1) is 8.72. The Labute approximate surface area is 84.8 Å². The predicted molar refractivity (Wildman–Crippen MR) is 54.0 cm³/mol. The molecule has 0 amide bonds. The molecule has 2 aromatic rings. The third-order valence-electron chi connectivity index (χ3n) is 1.74. The molecule has 0 aliphatic rings. The summed E-state index contributed by atoms with van der Waals surface area (Å²) >= 11 is 7.35. The van der Waals surface area contributed by atoms with Crippen molar-refractivity contribution in [3.8, 4) is 10.7 Å². The number of H-pyrrole nitrogens is 1. The number of nitrogens with one attached hydrogen (secondary N) is 1. The number of hydrogen-bond donors (Lipinski definition) is 1. The van der Waals surface area contributed by atoms with Gasteiger partial charge in [-0.25, -0.2) is 9.97 Å². The standard InChI is InChI=1S/C8H8ClN3S/c1-5-7(2-9)13-8(12-5)6-3-10-4-11-6/h3-4H,2H2,1H3,(H,10,11). The van der Waals surface area contributed by atoms with Gasteiger partial charge in [-0.2, -0.15) is 0 Å². The van der Waals surface area contributed by atoms with Gasteiger partial charge in [0.15, 0.2) is 0 Å². The molecule has 0 aromatic carbocycles. The fourth-order valence-corrected chi connectivity index (χ4v) is 2.28. The number of alkyl halides is 1. The predicted octanol–water partition coefficient (Wildman–Crippen LogP) is 2.58. The van der Waals surface area contributed by atoms with E-state index in [2.05, 4.69) is 15.0 Å². The molecule has 0 unspecified atom stereocenters. The number of thiazole rings is 1. The van der Waals surface area contributed by atoms with Gasteiger partial charge in [0, 0.05) is 4.88 Å². The smallest absolute Gasteiger partial charge is 0.141 e. The maximum atomic E-state index is 5.75. The third kappa shape index (κ3) is 1.59. The van der Waals surface area contributed by atoms with Crippen LogP contribution < -0.4 is 0 Å². The van der Waals surface area contributed by atoms with Crippen LogP contribution in [0.1, 0.15) is 10.6 Å². The normalized spacial score (nSPS) is 10.6. The summed E-state index contributed by atoms with van der Waals surface area (Å²) in [6.45, 7) is 1.97. The molecule has 0 saturated heterocycles. The van der Waals surface area contributed by atoms with Gasteiger partial charge in [0.05, 0.1) is 29.8 Å². The lowest BCUT2D eigenvalue weighted by molar-refractivity contribution is 1.21. The molecule has 0 radical (unpaired) electrons. The Morgan fingerprint density at radius 1 is 1.62 bits per heavy atom. The number of rotatable bonds is 2. The van der Waals surface area contributed by atoms with E-state index in [4.69, 9.17) is 11.6 Å². The van der Waals surface area contributed by atoms with Crippen LogP contribution in [0, 0.1) is 6.92 Å². The van der Waals surface area contributed by atoms with Crippen LogP contribution in [0.3, 0.4) is 0 Å². The van der Waals surface area contributed by atoms with Crippen molar-refractivity contribution in [3.63, 3.8) is 0 Å². The van der Waals surface area contributed by atoms with E-state index in [1.54, 1.807) is 23.9 Å². The van der Waals surface area contributed by atoms with E-state index < -0.39 is 0 Å². The second kappa shape index (κ2) is 3.47. The minimum Gasteiger partial charge on any atom is -0.343 e. The number of aromatic amines is 1. The number of aromatic nitrogens is 3. The fourth-order valence-electron chi connectivity index (χ4n) is 1.04. The summed E-state index contributed by atoms with van der Waals surface area (Å²) in [4.78, 5) is 12.5. The van der Waals surface area contributed by atoms with Crippen LogP contribution >= 0.6 is 22.9 Å². The molecule has 2 heterocycles. The average Bonchev–Trinajstić information content (AvgIpc) is 2.71. The van der Waals surface area contributed by atoms with Gasteiger partial charge in [0.2, 0.25) is 0 Å². The van der Waals surface area contributed by atoms with Gasteiger partial charge in [-0.15, -0.1) is 22.9 Å². The van der Waals surface area contributed by atoms with Gasteiger partial charge in [-0.1, -0.05) is 0 Å². The molecule has 2 aromatic heterocycles. The molecular weight excluding hydrogens is 206 g/mol. The van der Waals surface area contributed by atoms with E-state index in [9.17, 15) is 0 Å². The second-order valence-electron chi connectivity index (χ2n) is 2.63. The number of hydrogen-bond acceptors (Lipinski definition) is 3. The van der Waals surface area contributed by atoms with Crippen molar-refractivity contribution in [2.75, 3.05) is 0 Å². The highest BCUT2D eigenvalue weighted by Crippen LogP contribution is 2.26. The van der Waals surface area contributed by atoms with E-state index >= 15 is 0 Å². The second-order valence-corrected chi connectivity index (χ2v) is 3.98. The molecule has 0 spiro atoms. The monoisotopic (exact) mass is 213 g/mol. The summed E-state index contributed by atoms with van der Waals surface area (Å²) < 4.78 is 0. The van der Waals surface area contributed by atoms with Crippen molar-refractivity contribution in [1.82, 2.24) is 15.0 Å². The number of imidazole rings is 1. The lowest BCUT2D eigenvalue weighted by Crippen LogP contribution is -1.77. The van der Waals surface area contributed by atoms with Gasteiger partial charge in [-0.3, -0.25) is 0 Å². The van der Waals surface area contributed by atoms with E-state index in [0.29, 0.717) is 5.88 Å². The molecule has 5 heteroatoms. The molecule has 2 rings (SSSR count). The summed E-state index contributed by atoms with van der Waals surface area (Å²) in [5.74, 6) is 0.525. The first-order valence-electron chi connectivity index (χ1n) is 3.82. The van der Waals surface area contributed by atoms with Gasteiger partial charge >= 0.3 is 0 Å². The maximum absolute atomic E-state index is 5.75. The molecule has 0 fully saturated rings. The average molecular weight is 214 g/mol.